The number of para-hydroxylation sites is 1. The van der Waals surface area contributed by atoms with Gasteiger partial charge in [0, 0.05) is 10.6 Å². The smallest absolute Gasteiger partial charge is 0.246 e. The summed E-state index contributed by atoms with van der Waals surface area (Å²) in [5.41, 5.74) is 2.15. The number of nitrogens with one attached hydrogen (secondary N) is 2. The van der Waals surface area contributed by atoms with Crippen LogP contribution in [0.5, 0.6) is 0 Å². The Morgan fingerprint density at radius 3 is 2.88 bits per heavy atom. The van der Waals surface area contributed by atoms with Crippen LogP contribution in [-0.4, -0.2) is 21.9 Å². The molecule has 0 spiro atoms. The molecular weight excluding hydrogens is 320 g/mol. The largest absolute Gasteiger partial charge is 0.358 e. The Kier molecular flexibility index (Phi) is 3.90. The molecule has 0 fully saturated rings. The fourth-order valence-electron chi connectivity index (χ4n) is 3.08. The zero-order valence-corrected chi connectivity index (χ0v) is 14.2. The van der Waals surface area contributed by atoms with Gasteiger partial charge in [0.05, 0.1) is 5.39 Å². The van der Waals surface area contributed by atoms with Gasteiger partial charge in [-0.15, -0.1) is 11.3 Å². The van der Waals surface area contributed by atoms with E-state index in [9.17, 15) is 4.79 Å². The summed E-state index contributed by atoms with van der Waals surface area (Å²) in [7, 11) is 0. The highest BCUT2D eigenvalue weighted by Gasteiger charge is 2.22. The van der Waals surface area contributed by atoms with Crippen molar-refractivity contribution in [2.45, 2.75) is 32.2 Å². The van der Waals surface area contributed by atoms with Crippen molar-refractivity contribution in [3.63, 3.8) is 0 Å². The predicted octanol–water partition coefficient (Wildman–Crippen LogP) is 3.62. The Morgan fingerprint density at radius 2 is 2.04 bits per heavy atom. The van der Waals surface area contributed by atoms with Crippen molar-refractivity contribution in [2.75, 3.05) is 10.6 Å². The first-order valence-corrected chi connectivity index (χ1v) is 8.91. The molecule has 0 saturated carbocycles. The number of aromatic nitrogens is 2. The predicted molar refractivity (Wildman–Crippen MR) is 97.6 cm³/mol. The molecule has 0 bridgehead atoms. The lowest BCUT2D eigenvalue weighted by atomic mass is 10.2. The molecule has 3 aromatic rings. The third-order valence-corrected chi connectivity index (χ3v) is 5.49. The summed E-state index contributed by atoms with van der Waals surface area (Å²) in [4.78, 5) is 23.6. The molecule has 0 radical (unpaired) electrons. The number of fused-ring (bicyclic) bond motifs is 3. The monoisotopic (exact) mass is 338 g/mol. The van der Waals surface area contributed by atoms with Gasteiger partial charge in [-0.25, -0.2) is 9.97 Å². The fraction of sp³-hybridized carbons (Fsp3) is 0.278. The lowest BCUT2D eigenvalue weighted by Crippen LogP contribution is -2.32. The van der Waals surface area contributed by atoms with Crippen LogP contribution in [0.3, 0.4) is 0 Å². The first-order chi connectivity index (χ1) is 11.7. The molecule has 24 heavy (non-hydrogen) atoms. The molecule has 1 atom stereocenters. The Hall–Kier alpha value is -2.47. The maximum absolute atomic E-state index is 12.4. The average molecular weight is 338 g/mol. The number of hydrogen-bond acceptors (Lipinski definition) is 5. The topological polar surface area (TPSA) is 66.9 Å². The van der Waals surface area contributed by atoms with E-state index in [1.165, 1.54) is 16.9 Å². The van der Waals surface area contributed by atoms with Crippen LogP contribution in [0.1, 0.15) is 23.8 Å². The molecule has 2 aromatic heterocycles. The summed E-state index contributed by atoms with van der Waals surface area (Å²) in [6, 6.07) is 9.08. The number of aryl methyl sites for hydroxylation is 2. The van der Waals surface area contributed by atoms with Gasteiger partial charge in [0.25, 0.3) is 0 Å². The zero-order chi connectivity index (χ0) is 16.5. The Labute approximate surface area is 144 Å². The second kappa shape index (κ2) is 6.20. The Balaban J connectivity index is 1.57. The zero-order valence-electron chi connectivity index (χ0n) is 13.4. The summed E-state index contributed by atoms with van der Waals surface area (Å²) in [5.74, 6) is 0.676. The van der Waals surface area contributed by atoms with Gasteiger partial charge in [-0.2, -0.15) is 0 Å². The quantitative estimate of drug-likeness (QED) is 0.762. The van der Waals surface area contributed by atoms with Gasteiger partial charge in [0.15, 0.2) is 0 Å². The second-order valence-corrected chi connectivity index (χ2v) is 7.06. The van der Waals surface area contributed by atoms with Crippen molar-refractivity contribution in [2.24, 2.45) is 0 Å². The van der Waals surface area contributed by atoms with E-state index in [0.29, 0.717) is 0 Å². The summed E-state index contributed by atoms with van der Waals surface area (Å²) in [6.07, 6.45) is 4.95. The number of rotatable bonds is 4. The molecule has 2 N–H and O–H groups in total. The lowest BCUT2D eigenvalue weighted by molar-refractivity contribution is -0.116. The Bertz CT molecular complexity index is 891. The number of carbonyl (C=O) groups excluding carboxylic acids is 1. The van der Waals surface area contributed by atoms with Crippen LogP contribution in [0.15, 0.2) is 36.7 Å². The SMILES string of the molecule is CC(Nc1ncnc2sc3c(c12)CCC3)C(=O)Nc1ccccc1. The molecule has 1 aliphatic carbocycles. The minimum absolute atomic E-state index is 0.0835. The highest BCUT2D eigenvalue weighted by Crippen LogP contribution is 2.39. The lowest BCUT2D eigenvalue weighted by Gasteiger charge is -2.15. The van der Waals surface area contributed by atoms with Crippen molar-refractivity contribution < 1.29 is 4.79 Å². The first-order valence-electron chi connectivity index (χ1n) is 8.10. The molecular formula is C18H18N4OS. The van der Waals surface area contributed by atoms with E-state index < -0.39 is 0 Å². The number of thiophene rings is 1. The standard InChI is InChI=1S/C18H18N4OS/c1-11(17(23)22-12-6-3-2-4-7-12)21-16-15-13-8-5-9-14(13)24-18(15)20-10-19-16/h2-4,6-7,10-11H,5,8-9H2,1H3,(H,22,23)(H,19,20,21). The first kappa shape index (κ1) is 15.1. The number of benzene rings is 1. The number of amides is 1. The van der Waals surface area contributed by atoms with Crippen LogP contribution in [0.4, 0.5) is 11.5 Å². The minimum atomic E-state index is -0.389. The van der Waals surface area contributed by atoms with Crippen LogP contribution in [0.25, 0.3) is 10.2 Å². The third-order valence-electron chi connectivity index (χ3n) is 4.29. The van der Waals surface area contributed by atoms with Crippen molar-refractivity contribution in [1.29, 1.82) is 0 Å². The highest BCUT2D eigenvalue weighted by molar-refractivity contribution is 7.19. The Morgan fingerprint density at radius 1 is 1.21 bits per heavy atom. The second-order valence-electron chi connectivity index (χ2n) is 5.98. The van der Waals surface area contributed by atoms with E-state index in [2.05, 4.69) is 20.6 Å². The van der Waals surface area contributed by atoms with E-state index in [4.69, 9.17) is 0 Å². The van der Waals surface area contributed by atoms with Crippen molar-refractivity contribution in [3.05, 3.63) is 47.1 Å². The molecule has 1 aromatic carbocycles. The normalized spacial score (nSPS) is 14.4. The fourth-order valence-corrected chi connectivity index (χ4v) is 4.31. The molecule has 1 unspecified atom stereocenters. The third kappa shape index (κ3) is 2.73. The summed E-state index contributed by atoms with van der Waals surface area (Å²) >= 11 is 1.75. The van der Waals surface area contributed by atoms with Crippen LogP contribution in [0, 0.1) is 0 Å². The number of hydrogen-bond donors (Lipinski definition) is 2. The van der Waals surface area contributed by atoms with Gasteiger partial charge in [-0.05, 0) is 43.9 Å². The molecule has 4 rings (SSSR count). The molecule has 122 valence electrons. The van der Waals surface area contributed by atoms with Crippen LogP contribution in [-0.2, 0) is 17.6 Å². The molecule has 0 saturated heterocycles. The van der Waals surface area contributed by atoms with Crippen LogP contribution < -0.4 is 10.6 Å². The molecule has 2 heterocycles. The van der Waals surface area contributed by atoms with Gasteiger partial charge in [-0.1, -0.05) is 18.2 Å². The maximum Gasteiger partial charge on any atom is 0.246 e. The number of carbonyl (C=O) groups is 1. The van der Waals surface area contributed by atoms with Crippen molar-refractivity contribution >= 4 is 39.0 Å². The molecule has 0 aliphatic heterocycles. The number of nitrogens with zero attached hydrogens (tertiary/aromatic N) is 2. The van der Waals surface area contributed by atoms with E-state index in [-0.39, 0.29) is 11.9 Å². The molecule has 6 heteroatoms. The summed E-state index contributed by atoms with van der Waals surface area (Å²) in [5, 5.41) is 7.27. The van der Waals surface area contributed by atoms with E-state index in [1.54, 1.807) is 17.7 Å². The van der Waals surface area contributed by atoms with Crippen molar-refractivity contribution in [1.82, 2.24) is 9.97 Å². The molecule has 1 aliphatic rings. The molecule has 5 nitrogen and oxygen atoms in total. The van der Waals surface area contributed by atoms with Gasteiger partial charge in [-0.3, -0.25) is 4.79 Å². The van der Waals surface area contributed by atoms with Gasteiger partial charge in [0.2, 0.25) is 5.91 Å². The summed E-state index contributed by atoms with van der Waals surface area (Å²) in [6.45, 7) is 1.85. The maximum atomic E-state index is 12.4. The van der Waals surface area contributed by atoms with Crippen molar-refractivity contribution in [3.8, 4) is 0 Å². The number of anilines is 2. The van der Waals surface area contributed by atoms with Gasteiger partial charge >= 0.3 is 0 Å². The van der Waals surface area contributed by atoms with E-state index in [1.807, 2.05) is 37.3 Å². The van der Waals surface area contributed by atoms with E-state index in [0.717, 1.165) is 34.6 Å². The highest BCUT2D eigenvalue weighted by atomic mass is 32.1. The minimum Gasteiger partial charge on any atom is -0.358 e. The summed E-state index contributed by atoms with van der Waals surface area (Å²) < 4.78 is 0. The average Bonchev–Trinajstić information content (AvgIpc) is 3.16. The van der Waals surface area contributed by atoms with E-state index >= 15 is 0 Å². The van der Waals surface area contributed by atoms with Gasteiger partial charge < -0.3 is 10.6 Å². The molecule has 1 amide bonds. The van der Waals surface area contributed by atoms with Crippen LogP contribution in [0.2, 0.25) is 0 Å². The van der Waals surface area contributed by atoms with Gasteiger partial charge in [0.1, 0.15) is 23.0 Å². The van der Waals surface area contributed by atoms with Crippen LogP contribution >= 0.6 is 11.3 Å².